The minimum Gasteiger partial charge on any atom is -0.494 e. The van der Waals surface area contributed by atoms with Crippen LogP contribution in [0.1, 0.15) is 44.6 Å². The third kappa shape index (κ3) is 2.83. The molecule has 0 amide bonds. The van der Waals surface area contributed by atoms with E-state index in [9.17, 15) is 0 Å². The van der Waals surface area contributed by atoms with Crippen LogP contribution in [0.5, 0.6) is 5.75 Å². The van der Waals surface area contributed by atoms with Crippen LogP contribution in [0.2, 0.25) is 0 Å². The van der Waals surface area contributed by atoms with Crippen molar-refractivity contribution in [2.75, 3.05) is 19.8 Å². The molecule has 0 aromatic heterocycles. The van der Waals surface area contributed by atoms with Gasteiger partial charge in [0.25, 0.3) is 0 Å². The van der Waals surface area contributed by atoms with Crippen molar-refractivity contribution in [3.05, 3.63) is 29.8 Å². The van der Waals surface area contributed by atoms with Crippen LogP contribution in [-0.2, 0) is 14.3 Å². The Morgan fingerprint density at radius 2 is 1.91 bits per heavy atom. The fourth-order valence-corrected chi connectivity index (χ4v) is 3.75. The maximum Gasteiger partial charge on any atom is 0.168 e. The lowest BCUT2D eigenvalue weighted by atomic mass is 9.78. The fraction of sp³-hybridized carbons (Fsp3) is 0.611. The smallest absolute Gasteiger partial charge is 0.168 e. The average molecular weight is 317 g/mol. The number of rotatable bonds is 3. The third-order valence-electron chi connectivity index (χ3n) is 5.05. The summed E-state index contributed by atoms with van der Waals surface area (Å²) in [5.41, 5.74) is 1.91. The van der Waals surface area contributed by atoms with Gasteiger partial charge in [0, 0.05) is 24.8 Å². The molecule has 1 aromatic rings. The van der Waals surface area contributed by atoms with Crippen LogP contribution in [-0.4, -0.2) is 36.9 Å². The van der Waals surface area contributed by atoms with Crippen molar-refractivity contribution in [2.45, 2.75) is 50.4 Å². The van der Waals surface area contributed by atoms with Gasteiger partial charge in [-0.1, -0.05) is 17.3 Å². The van der Waals surface area contributed by atoms with Crippen molar-refractivity contribution in [3.63, 3.8) is 0 Å². The van der Waals surface area contributed by atoms with Crippen molar-refractivity contribution < 1.29 is 19.0 Å². The molecule has 0 N–H and O–H groups in total. The van der Waals surface area contributed by atoms with E-state index in [2.05, 4.69) is 11.2 Å². The van der Waals surface area contributed by atoms with Gasteiger partial charge < -0.3 is 19.0 Å². The highest BCUT2D eigenvalue weighted by Crippen LogP contribution is 2.46. The van der Waals surface area contributed by atoms with Gasteiger partial charge in [-0.2, -0.15) is 0 Å². The summed E-state index contributed by atoms with van der Waals surface area (Å²) in [6.45, 7) is 4.07. The van der Waals surface area contributed by atoms with Crippen molar-refractivity contribution in [2.24, 2.45) is 5.16 Å². The molecule has 1 saturated carbocycles. The summed E-state index contributed by atoms with van der Waals surface area (Å²) in [5.74, 6) is 0.524. The van der Waals surface area contributed by atoms with E-state index in [1.54, 1.807) is 0 Å². The second kappa shape index (κ2) is 5.80. The Hall–Kier alpha value is -1.59. The zero-order valence-electron chi connectivity index (χ0n) is 13.5. The van der Waals surface area contributed by atoms with Gasteiger partial charge >= 0.3 is 0 Å². The third-order valence-corrected chi connectivity index (χ3v) is 5.05. The summed E-state index contributed by atoms with van der Waals surface area (Å²) in [5, 5.41) is 4.38. The molecule has 1 saturated heterocycles. The molecule has 0 bridgehead atoms. The summed E-state index contributed by atoms with van der Waals surface area (Å²) in [4.78, 5) is 5.89. The summed E-state index contributed by atoms with van der Waals surface area (Å²) in [6, 6.07) is 8.08. The van der Waals surface area contributed by atoms with Gasteiger partial charge in [-0.05, 0) is 31.9 Å². The van der Waals surface area contributed by atoms with Crippen LogP contribution in [0.4, 0.5) is 0 Å². The Kier molecular flexibility index (Phi) is 3.77. The van der Waals surface area contributed by atoms with Crippen LogP contribution in [0.3, 0.4) is 0 Å². The highest BCUT2D eigenvalue weighted by molar-refractivity contribution is 6.01. The van der Waals surface area contributed by atoms with Crippen LogP contribution in [0.15, 0.2) is 29.4 Å². The summed E-state index contributed by atoms with van der Waals surface area (Å²) in [7, 11) is 0. The molecule has 2 aliphatic heterocycles. The number of oxime groups is 1. The molecule has 0 unspecified atom stereocenters. The molecule has 0 radical (unpaired) electrons. The van der Waals surface area contributed by atoms with E-state index in [4.69, 9.17) is 19.0 Å². The minimum absolute atomic E-state index is 0.183. The number of nitrogens with zero attached hydrogens (tertiary/aromatic N) is 1. The first kappa shape index (κ1) is 15.0. The zero-order valence-corrected chi connectivity index (χ0v) is 13.5. The lowest BCUT2D eigenvalue weighted by Gasteiger charge is -2.39. The zero-order chi connectivity index (χ0) is 15.8. The van der Waals surface area contributed by atoms with Gasteiger partial charge in [0.2, 0.25) is 0 Å². The van der Waals surface area contributed by atoms with Gasteiger partial charge in [-0.25, -0.2) is 0 Å². The molecular weight excluding hydrogens is 294 g/mol. The molecule has 5 heteroatoms. The summed E-state index contributed by atoms with van der Waals surface area (Å²) < 4.78 is 17.2. The van der Waals surface area contributed by atoms with E-state index >= 15 is 0 Å². The topological polar surface area (TPSA) is 49.3 Å². The largest absolute Gasteiger partial charge is 0.494 e. The van der Waals surface area contributed by atoms with E-state index in [-0.39, 0.29) is 11.4 Å². The fourth-order valence-electron chi connectivity index (χ4n) is 3.75. The average Bonchev–Trinajstić information content (AvgIpc) is 3.20. The van der Waals surface area contributed by atoms with Crippen LogP contribution < -0.4 is 4.74 Å². The van der Waals surface area contributed by atoms with Crippen LogP contribution >= 0.6 is 0 Å². The normalized spacial score (nSPS) is 24.7. The Morgan fingerprint density at radius 3 is 2.65 bits per heavy atom. The molecule has 2 fully saturated rings. The Bertz CT molecular complexity index is 597. The van der Waals surface area contributed by atoms with Gasteiger partial charge in [0.05, 0.1) is 25.5 Å². The highest BCUT2D eigenvalue weighted by atomic mass is 16.7. The van der Waals surface area contributed by atoms with Crippen molar-refractivity contribution >= 4 is 5.71 Å². The predicted octanol–water partition coefficient (Wildman–Crippen LogP) is 3.27. The number of benzene rings is 1. The Balaban J connectivity index is 1.43. The first-order valence-electron chi connectivity index (χ1n) is 8.49. The summed E-state index contributed by atoms with van der Waals surface area (Å²) >= 11 is 0. The van der Waals surface area contributed by atoms with E-state index in [1.165, 1.54) is 0 Å². The first-order valence-corrected chi connectivity index (χ1v) is 8.49. The SMILES string of the molecule is CCOc1cccc(C2=NOC3(CCC4(CC3)OCCO4)C2)c1. The molecular formula is C18H23NO4. The van der Waals surface area contributed by atoms with Gasteiger partial charge in [-0.15, -0.1) is 0 Å². The molecule has 2 heterocycles. The van der Waals surface area contributed by atoms with E-state index in [1.807, 2.05) is 25.1 Å². The lowest BCUT2D eigenvalue weighted by molar-refractivity contribution is -0.206. The van der Waals surface area contributed by atoms with Gasteiger partial charge in [0.1, 0.15) is 11.4 Å². The molecule has 4 rings (SSSR count). The number of ether oxygens (including phenoxy) is 3. The quantitative estimate of drug-likeness (QED) is 0.858. The monoisotopic (exact) mass is 317 g/mol. The maximum atomic E-state index is 5.89. The van der Waals surface area contributed by atoms with E-state index < -0.39 is 0 Å². The van der Waals surface area contributed by atoms with Crippen LogP contribution in [0, 0.1) is 0 Å². The van der Waals surface area contributed by atoms with Crippen molar-refractivity contribution in [1.29, 1.82) is 0 Å². The van der Waals surface area contributed by atoms with E-state index in [0.29, 0.717) is 19.8 Å². The Morgan fingerprint density at radius 1 is 1.13 bits per heavy atom. The minimum atomic E-state index is -0.355. The predicted molar refractivity (Wildman–Crippen MR) is 85.7 cm³/mol. The molecule has 0 atom stereocenters. The first-order chi connectivity index (χ1) is 11.2. The molecule has 3 aliphatic rings. The molecule has 1 aliphatic carbocycles. The Labute approximate surface area is 136 Å². The molecule has 2 spiro atoms. The summed E-state index contributed by atoms with van der Waals surface area (Å²) in [6.07, 6.45) is 4.46. The lowest BCUT2D eigenvalue weighted by Crippen LogP contribution is -2.43. The van der Waals surface area contributed by atoms with Crippen molar-refractivity contribution in [1.82, 2.24) is 0 Å². The molecule has 23 heavy (non-hydrogen) atoms. The standard InChI is InChI=1S/C18H23NO4/c1-2-20-15-5-3-4-14(12-15)16-13-17(23-19-16)6-8-18(9-7-17)21-10-11-22-18/h3-5,12H,2,6-11,13H2,1H3. The highest BCUT2D eigenvalue weighted by Gasteiger charge is 2.50. The van der Waals surface area contributed by atoms with Gasteiger partial charge in [0.15, 0.2) is 5.79 Å². The number of hydrogen-bond donors (Lipinski definition) is 0. The van der Waals surface area contributed by atoms with Crippen molar-refractivity contribution in [3.8, 4) is 5.75 Å². The number of hydrogen-bond acceptors (Lipinski definition) is 5. The molecule has 124 valence electrons. The van der Waals surface area contributed by atoms with E-state index in [0.717, 1.165) is 49.1 Å². The second-order valence-corrected chi connectivity index (χ2v) is 6.56. The van der Waals surface area contributed by atoms with Gasteiger partial charge in [-0.3, -0.25) is 0 Å². The second-order valence-electron chi connectivity index (χ2n) is 6.56. The van der Waals surface area contributed by atoms with Crippen LogP contribution in [0.25, 0.3) is 0 Å². The molecule has 5 nitrogen and oxygen atoms in total. The maximum absolute atomic E-state index is 5.89. The molecule has 1 aromatic carbocycles.